The Balaban J connectivity index is 3.17. The lowest BCUT2D eigenvalue weighted by molar-refractivity contribution is -0.122. The van der Waals surface area contributed by atoms with Gasteiger partial charge in [-0.2, -0.15) is 0 Å². The minimum atomic E-state index is 0.218. The number of nitrogens with one attached hydrogen (secondary N) is 2. The first-order chi connectivity index (χ1) is 12.7. The molecule has 0 aliphatic heterocycles. The van der Waals surface area contributed by atoms with E-state index in [4.69, 9.17) is 0 Å². The Morgan fingerprint density at radius 3 is 1.19 bits per heavy atom. The second kappa shape index (κ2) is 20.3. The fraction of sp³-hybridized carbons (Fsp3) is 0.909. The second-order valence-corrected chi connectivity index (χ2v) is 7.44. The standard InChI is InChI=1S/C22H44N2O2/c1-3-5-13-17-21(25)23-19-15-11-9-7-8-10-12-16-20-24-22(26)18-14-6-4-2/h3-20H2,1-2H3,(H,23,25)(H,24,26). The van der Waals surface area contributed by atoms with Gasteiger partial charge in [0.2, 0.25) is 11.8 Å². The third kappa shape index (κ3) is 19.3. The summed E-state index contributed by atoms with van der Waals surface area (Å²) in [4.78, 5) is 23.1. The summed E-state index contributed by atoms with van der Waals surface area (Å²) in [6.45, 7) is 5.99. The van der Waals surface area contributed by atoms with Gasteiger partial charge in [-0.25, -0.2) is 0 Å². The van der Waals surface area contributed by atoms with E-state index >= 15 is 0 Å². The zero-order valence-electron chi connectivity index (χ0n) is 17.5. The molecule has 2 N–H and O–H groups in total. The van der Waals surface area contributed by atoms with E-state index in [-0.39, 0.29) is 11.8 Å². The summed E-state index contributed by atoms with van der Waals surface area (Å²) in [7, 11) is 0. The molecule has 0 aromatic rings. The molecule has 0 aromatic carbocycles. The first kappa shape index (κ1) is 24.9. The maximum absolute atomic E-state index is 11.5. The van der Waals surface area contributed by atoms with Crippen molar-refractivity contribution in [1.29, 1.82) is 0 Å². The normalized spacial score (nSPS) is 10.7. The van der Waals surface area contributed by atoms with Crippen molar-refractivity contribution in [1.82, 2.24) is 10.6 Å². The van der Waals surface area contributed by atoms with Crippen molar-refractivity contribution in [2.45, 2.75) is 117 Å². The van der Waals surface area contributed by atoms with E-state index in [0.29, 0.717) is 12.8 Å². The van der Waals surface area contributed by atoms with Crippen LogP contribution >= 0.6 is 0 Å². The quantitative estimate of drug-likeness (QED) is 0.296. The molecule has 0 saturated heterocycles. The Hall–Kier alpha value is -1.06. The molecule has 26 heavy (non-hydrogen) atoms. The molecule has 0 fully saturated rings. The number of hydrogen-bond donors (Lipinski definition) is 2. The zero-order chi connectivity index (χ0) is 19.3. The van der Waals surface area contributed by atoms with Crippen LogP contribution in [0.5, 0.6) is 0 Å². The van der Waals surface area contributed by atoms with Crippen LogP contribution in [-0.4, -0.2) is 24.9 Å². The van der Waals surface area contributed by atoms with E-state index in [2.05, 4.69) is 24.5 Å². The topological polar surface area (TPSA) is 58.2 Å². The predicted octanol–water partition coefficient (Wildman–Crippen LogP) is 5.50. The highest BCUT2D eigenvalue weighted by Crippen LogP contribution is 2.08. The minimum Gasteiger partial charge on any atom is -0.356 e. The summed E-state index contributed by atoms with van der Waals surface area (Å²) in [6.07, 6.45) is 17.8. The summed E-state index contributed by atoms with van der Waals surface area (Å²) in [5.41, 5.74) is 0. The van der Waals surface area contributed by atoms with Crippen LogP contribution in [0.4, 0.5) is 0 Å². The van der Waals surface area contributed by atoms with Gasteiger partial charge in [-0.3, -0.25) is 9.59 Å². The summed E-state index contributed by atoms with van der Waals surface area (Å²) in [5, 5.41) is 6.04. The minimum absolute atomic E-state index is 0.218. The van der Waals surface area contributed by atoms with Crippen molar-refractivity contribution < 1.29 is 9.59 Å². The number of rotatable bonds is 19. The largest absolute Gasteiger partial charge is 0.356 e. The Morgan fingerprint density at radius 2 is 0.846 bits per heavy atom. The third-order valence-electron chi connectivity index (χ3n) is 4.76. The Kier molecular flexibility index (Phi) is 19.4. The lowest BCUT2D eigenvalue weighted by Gasteiger charge is -2.06. The number of unbranched alkanes of at least 4 members (excludes halogenated alkanes) is 11. The molecular weight excluding hydrogens is 324 g/mol. The van der Waals surface area contributed by atoms with E-state index in [9.17, 15) is 9.59 Å². The highest BCUT2D eigenvalue weighted by Gasteiger charge is 2.00. The van der Waals surface area contributed by atoms with Gasteiger partial charge in [0.15, 0.2) is 0 Å². The van der Waals surface area contributed by atoms with Crippen LogP contribution in [0.25, 0.3) is 0 Å². The van der Waals surface area contributed by atoms with E-state index in [1.807, 2.05) is 0 Å². The average Bonchev–Trinajstić information content (AvgIpc) is 2.63. The Bertz CT molecular complexity index is 300. The molecule has 0 saturated carbocycles. The molecule has 0 aliphatic rings. The van der Waals surface area contributed by atoms with E-state index in [0.717, 1.165) is 51.6 Å². The summed E-state index contributed by atoms with van der Waals surface area (Å²) < 4.78 is 0. The van der Waals surface area contributed by atoms with E-state index in [1.165, 1.54) is 51.4 Å². The van der Waals surface area contributed by atoms with Crippen LogP contribution in [0.1, 0.15) is 117 Å². The molecule has 0 spiro atoms. The first-order valence-electron chi connectivity index (χ1n) is 11.2. The van der Waals surface area contributed by atoms with Crippen molar-refractivity contribution in [2.24, 2.45) is 0 Å². The molecule has 4 nitrogen and oxygen atoms in total. The van der Waals surface area contributed by atoms with Gasteiger partial charge in [-0.05, 0) is 25.7 Å². The van der Waals surface area contributed by atoms with Gasteiger partial charge < -0.3 is 10.6 Å². The number of carbonyl (C=O) groups excluding carboxylic acids is 2. The van der Waals surface area contributed by atoms with Gasteiger partial charge >= 0.3 is 0 Å². The predicted molar refractivity (Wildman–Crippen MR) is 111 cm³/mol. The fourth-order valence-corrected chi connectivity index (χ4v) is 3.01. The van der Waals surface area contributed by atoms with Crippen molar-refractivity contribution in [3.63, 3.8) is 0 Å². The Morgan fingerprint density at radius 1 is 0.500 bits per heavy atom. The van der Waals surface area contributed by atoms with Gasteiger partial charge in [-0.1, -0.05) is 78.1 Å². The fourth-order valence-electron chi connectivity index (χ4n) is 3.01. The lowest BCUT2D eigenvalue weighted by Crippen LogP contribution is -2.24. The average molecular weight is 369 g/mol. The van der Waals surface area contributed by atoms with Crippen molar-refractivity contribution >= 4 is 11.8 Å². The SMILES string of the molecule is CCCCCC(=O)NCCCCCCCCCCNC(=O)CCCCC. The maximum Gasteiger partial charge on any atom is 0.219 e. The smallest absolute Gasteiger partial charge is 0.219 e. The van der Waals surface area contributed by atoms with Crippen LogP contribution in [0.2, 0.25) is 0 Å². The van der Waals surface area contributed by atoms with Crippen molar-refractivity contribution in [2.75, 3.05) is 13.1 Å². The zero-order valence-corrected chi connectivity index (χ0v) is 17.5. The molecule has 0 aliphatic carbocycles. The molecule has 4 heteroatoms. The van der Waals surface area contributed by atoms with Crippen molar-refractivity contribution in [3.8, 4) is 0 Å². The number of carbonyl (C=O) groups is 2. The van der Waals surface area contributed by atoms with E-state index < -0.39 is 0 Å². The van der Waals surface area contributed by atoms with Crippen LogP contribution in [0, 0.1) is 0 Å². The molecule has 0 atom stereocenters. The summed E-state index contributed by atoms with van der Waals surface area (Å²) in [5.74, 6) is 0.437. The van der Waals surface area contributed by atoms with Gasteiger partial charge in [0.05, 0.1) is 0 Å². The van der Waals surface area contributed by atoms with Crippen molar-refractivity contribution in [3.05, 3.63) is 0 Å². The molecular formula is C22H44N2O2. The van der Waals surface area contributed by atoms with Crippen LogP contribution in [0.15, 0.2) is 0 Å². The van der Waals surface area contributed by atoms with Crippen LogP contribution in [-0.2, 0) is 9.59 Å². The second-order valence-electron chi connectivity index (χ2n) is 7.44. The van der Waals surface area contributed by atoms with Gasteiger partial charge in [0.25, 0.3) is 0 Å². The molecule has 0 bridgehead atoms. The van der Waals surface area contributed by atoms with Gasteiger partial charge in [0.1, 0.15) is 0 Å². The Labute approximate surface area is 162 Å². The van der Waals surface area contributed by atoms with Gasteiger partial charge in [0, 0.05) is 25.9 Å². The highest BCUT2D eigenvalue weighted by atomic mass is 16.2. The molecule has 0 aromatic heterocycles. The molecule has 0 heterocycles. The van der Waals surface area contributed by atoms with Gasteiger partial charge in [-0.15, -0.1) is 0 Å². The highest BCUT2D eigenvalue weighted by molar-refractivity contribution is 5.76. The molecule has 2 amide bonds. The first-order valence-corrected chi connectivity index (χ1v) is 11.2. The number of hydrogen-bond acceptors (Lipinski definition) is 2. The number of amides is 2. The van der Waals surface area contributed by atoms with E-state index in [1.54, 1.807) is 0 Å². The molecule has 0 radical (unpaired) electrons. The van der Waals surface area contributed by atoms with Crippen LogP contribution in [0.3, 0.4) is 0 Å². The summed E-state index contributed by atoms with van der Waals surface area (Å²) in [6, 6.07) is 0. The summed E-state index contributed by atoms with van der Waals surface area (Å²) >= 11 is 0. The van der Waals surface area contributed by atoms with Crippen LogP contribution < -0.4 is 10.6 Å². The third-order valence-corrected chi connectivity index (χ3v) is 4.76. The lowest BCUT2D eigenvalue weighted by atomic mass is 10.1. The molecule has 0 rings (SSSR count). The molecule has 154 valence electrons. The maximum atomic E-state index is 11.5. The molecule has 0 unspecified atom stereocenters. The monoisotopic (exact) mass is 368 g/mol.